The second-order valence-electron chi connectivity index (χ2n) is 6.06. The average Bonchev–Trinajstić information content (AvgIpc) is 2.66. The summed E-state index contributed by atoms with van der Waals surface area (Å²) in [6.07, 6.45) is 3.96. The molecule has 7 heteroatoms. The minimum Gasteiger partial charge on any atom is -0.493 e. The van der Waals surface area contributed by atoms with Crippen LogP contribution in [-0.4, -0.2) is 43.5 Å². The molecule has 134 valence electrons. The molecule has 6 nitrogen and oxygen atoms in total. The van der Waals surface area contributed by atoms with Crippen molar-refractivity contribution in [2.75, 3.05) is 32.2 Å². The summed E-state index contributed by atoms with van der Waals surface area (Å²) in [6.45, 7) is 2.65. The van der Waals surface area contributed by atoms with E-state index >= 15 is 0 Å². The topological polar surface area (TPSA) is 59.5 Å². The SMILES string of the molecule is COc1cc(CN[C@H]2CCCN(c3cccnn3)C2)cc(Cl)c1OC. The number of piperidine rings is 1. The first kappa shape index (κ1) is 17.8. The van der Waals surface area contributed by atoms with Gasteiger partial charge in [0.1, 0.15) is 0 Å². The zero-order valence-electron chi connectivity index (χ0n) is 14.5. The Morgan fingerprint density at radius 1 is 1.32 bits per heavy atom. The third-order valence-electron chi connectivity index (χ3n) is 4.39. The van der Waals surface area contributed by atoms with Gasteiger partial charge in [0.2, 0.25) is 0 Å². The van der Waals surface area contributed by atoms with E-state index in [2.05, 4.69) is 20.4 Å². The van der Waals surface area contributed by atoms with Gasteiger partial charge in [0, 0.05) is 31.9 Å². The highest BCUT2D eigenvalue weighted by Crippen LogP contribution is 2.36. The lowest BCUT2D eigenvalue weighted by molar-refractivity contribution is 0.354. The standard InChI is InChI=1S/C18H23ClN4O2/c1-24-16-10-13(9-15(19)18(16)25-2)11-20-14-5-4-8-23(12-14)17-6-3-7-21-22-17/h3,6-7,9-10,14,20H,4-5,8,11-12H2,1-2H3/t14-/m0/s1. The van der Waals surface area contributed by atoms with Gasteiger partial charge in [0.05, 0.1) is 19.2 Å². The second kappa shape index (κ2) is 8.36. The van der Waals surface area contributed by atoms with Gasteiger partial charge >= 0.3 is 0 Å². The minimum absolute atomic E-state index is 0.391. The van der Waals surface area contributed by atoms with Gasteiger partial charge in [-0.15, -0.1) is 5.10 Å². The molecule has 1 aromatic carbocycles. The number of ether oxygens (including phenoxy) is 2. The molecular weight excluding hydrogens is 340 g/mol. The van der Waals surface area contributed by atoms with E-state index in [1.54, 1.807) is 20.4 Å². The van der Waals surface area contributed by atoms with E-state index in [-0.39, 0.29) is 0 Å². The number of hydrogen-bond acceptors (Lipinski definition) is 6. The van der Waals surface area contributed by atoms with Crippen LogP contribution in [-0.2, 0) is 6.54 Å². The maximum atomic E-state index is 6.28. The maximum Gasteiger partial charge on any atom is 0.179 e. The quantitative estimate of drug-likeness (QED) is 0.852. The Balaban J connectivity index is 1.62. The lowest BCUT2D eigenvalue weighted by atomic mass is 10.1. The van der Waals surface area contributed by atoms with Crippen LogP contribution in [0, 0.1) is 0 Å². The lowest BCUT2D eigenvalue weighted by Crippen LogP contribution is -2.45. The second-order valence-corrected chi connectivity index (χ2v) is 6.47. The van der Waals surface area contributed by atoms with E-state index in [1.807, 2.05) is 24.3 Å². The zero-order valence-corrected chi connectivity index (χ0v) is 15.3. The summed E-state index contributed by atoms with van der Waals surface area (Å²) in [5.41, 5.74) is 1.07. The highest BCUT2D eigenvalue weighted by molar-refractivity contribution is 6.32. The molecule has 1 aliphatic rings. The van der Waals surface area contributed by atoms with Gasteiger partial charge in [-0.3, -0.25) is 0 Å². The Labute approximate surface area is 153 Å². The molecule has 1 fully saturated rings. The summed E-state index contributed by atoms with van der Waals surface area (Å²) in [5.74, 6) is 2.15. The molecule has 0 bridgehead atoms. The van der Waals surface area contributed by atoms with Crippen molar-refractivity contribution in [3.05, 3.63) is 41.0 Å². The molecule has 0 amide bonds. The summed E-state index contributed by atoms with van der Waals surface area (Å²) in [6, 6.07) is 8.19. The van der Waals surface area contributed by atoms with Crippen molar-refractivity contribution in [2.45, 2.75) is 25.4 Å². The number of nitrogens with zero attached hydrogens (tertiary/aromatic N) is 3. The molecule has 2 aromatic rings. The van der Waals surface area contributed by atoms with Crippen LogP contribution in [0.15, 0.2) is 30.5 Å². The average molecular weight is 363 g/mol. The molecule has 0 saturated carbocycles. The molecule has 0 unspecified atom stereocenters. The van der Waals surface area contributed by atoms with Crippen LogP contribution in [0.25, 0.3) is 0 Å². The minimum atomic E-state index is 0.391. The van der Waals surface area contributed by atoms with Crippen molar-refractivity contribution in [3.63, 3.8) is 0 Å². The summed E-state index contributed by atoms with van der Waals surface area (Å²) >= 11 is 6.28. The van der Waals surface area contributed by atoms with Gasteiger partial charge < -0.3 is 19.7 Å². The van der Waals surface area contributed by atoms with E-state index < -0.39 is 0 Å². The number of nitrogens with one attached hydrogen (secondary N) is 1. The van der Waals surface area contributed by atoms with Gasteiger partial charge in [0.15, 0.2) is 17.3 Å². The normalized spacial score (nSPS) is 17.4. The third kappa shape index (κ3) is 4.32. The summed E-state index contributed by atoms with van der Waals surface area (Å²) in [7, 11) is 3.20. The highest BCUT2D eigenvalue weighted by atomic mass is 35.5. The largest absolute Gasteiger partial charge is 0.493 e. The summed E-state index contributed by atoms with van der Waals surface area (Å²) in [5, 5.41) is 12.3. The van der Waals surface area contributed by atoms with Gasteiger partial charge in [-0.05, 0) is 42.7 Å². The Hall–Kier alpha value is -2.05. The van der Waals surface area contributed by atoms with Crippen molar-refractivity contribution in [1.82, 2.24) is 15.5 Å². The number of rotatable bonds is 6. The summed E-state index contributed by atoms with van der Waals surface area (Å²) in [4.78, 5) is 2.27. The smallest absolute Gasteiger partial charge is 0.179 e. The van der Waals surface area contributed by atoms with Gasteiger partial charge in [-0.25, -0.2) is 0 Å². The van der Waals surface area contributed by atoms with E-state index in [0.717, 1.165) is 43.9 Å². The molecule has 1 atom stereocenters. The predicted octanol–water partition coefficient (Wildman–Crippen LogP) is 2.91. The molecule has 1 aromatic heterocycles. The number of hydrogen-bond donors (Lipinski definition) is 1. The first-order valence-corrected chi connectivity index (χ1v) is 8.75. The molecule has 0 radical (unpaired) electrons. The fourth-order valence-corrected chi connectivity index (χ4v) is 3.46. The number of halogens is 1. The number of benzene rings is 1. The predicted molar refractivity (Wildman–Crippen MR) is 98.7 cm³/mol. The Morgan fingerprint density at radius 2 is 2.20 bits per heavy atom. The van der Waals surface area contributed by atoms with Crippen molar-refractivity contribution >= 4 is 17.4 Å². The molecule has 0 aliphatic carbocycles. The van der Waals surface area contributed by atoms with Crippen LogP contribution >= 0.6 is 11.6 Å². The fraction of sp³-hybridized carbons (Fsp3) is 0.444. The zero-order chi connectivity index (χ0) is 17.6. The first-order chi connectivity index (χ1) is 12.2. The molecule has 1 N–H and O–H groups in total. The van der Waals surface area contributed by atoms with Crippen molar-refractivity contribution in [1.29, 1.82) is 0 Å². The van der Waals surface area contributed by atoms with Crippen molar-refractivity contribution < 1.29 is 9.47 Å². The number of aromatic nitrogens is 2. The van der Waals surface area contributed by atoms with E-state index in [9.17, 15) is 0 Å². The van der Waals surface area contributed by atoms with Crippen molar-refractivity contribution in [3.8, 4) is 11.5 Å². The van der Waals surface area contributed by atoms with Crippen LogP contribution in [0.2, 0.25) is 5.02 Å². The number of methoxy groups -OCH3 is 2. The van der Waals surface area contributed by atoms with Gasteiger partial charge in [0.25, 0.3) is 0 Å². The monoisotopic (exact) mass is 362 g/mol. The molecule has 1 aliphatic heterocycles. The van der Waals surface area contributed by atoms with Crippen LogP contribution in [0.4, 0.5) is 5.82 Å². The van der Waals surface area contributed by atoms with E-state index in [1.165, 1.54) is 0 Å². The molecule has 3 rings (SSSR count). The molecule has 1 saturated heterocycles. The Bertz CT molecular complexity index is 699. The van der Waals surface area contributed by atoms with E-state index in [4.69, 9.17) is 21.1 Å². The van der Waals surface area contributed by atoms with Crippen LogP contribution in [0.3, 0.4) is 0 Å². The van der Waals surface area contributed by atoms with Crippen molar-refractivity contribution in [2.24, 2.45) is 0 Å². The third-order valence-corrected chi connectivity index (χ3v) is 4.67. The van der Waals surface area contributed by atoms with Gasteiger partial charge in [-0.1, -0.05) is 11.6 Å². The number of anilines is 1. The fourth-order valence-electron chi connectivity index (χ4n) is 3.15. The summed E-state index contributed by atoms with van der Waals surface area (Å²) < 4.78 is 10.6. The molecule has 2 heterocycles. The van der Waals surface area contributed by atoms with Crippen LogP contribution < -0.4 is 19.7 Å². The molecule has 0 spiro atoms. The highest BCUT2D eigenvalue weighted by Gasteiger charge is 2.21. The van der Waals surface area contributed by atoms with Gasteiger partial charge in [-0.2, -0.15) is 5.10 Å². The Morgan fingerprint density at radius 3 is 2.92 bits per heavy atom. The Kier molecular flexibility index (Phi) is 5.94. The maximum absolute atomic E-state index is 6.28. The lowest BCUT2D eigenvalue weighted by Gasteiger charge is -2.33. The first-order valence-electron chi connectivity index (χ1n) is 8.37. The molecular formula is C18H23ClN4O2. The van der Waals surface area contributed by atoms with Crippen LogP contribution in [0.5, 0.6) is 11.5 Å². The van der Waals surface area contributed by atoms with E-state index in [0.29, 0.717) is 22.6 Å². The van der Waals surface area contributed by atoms with Crippen LogP contribution in [0.1, 0.15) is 18.4 Å². The molecule has 25 heavy (non-hydrogen) atoms.